The van der Waals surface area contributed by atoms with Crippen molar-refractivity contribution in [3.63, 3.8) is 0 Å². The Labute approximate surface area is 232 Å². The van der Waals surface area contributed by atoms with Gasteiger partial charge in [-0.15, -0.1) is 0 Å². The van der Waals surface area contributed by atoms with Crippen molar-refractivity contribution in [1.29, 1.82) is 0 Å². The van der Waals surface area contributed by atoms with E-state index < -0.39 is 23.3 Å². The number of piperazine rings is 1. The van der Waals surface area contributed by atoms with Gasteiger partial charge in [-0.2, -0.15) is 0 Å². The van der Waals surface area contributed by atoms with Gasteiger partial charge in [0.1, 0.15) is 23.8 Å². The summed E-state index contributed by atoms with van der Waals surface area (Å²) in [4.78, 5) is 41.0. The van der Waals surface area contributed by atoms with E-state index >= 15 is 0 Å². The summed E-state index contributed by atoms with van der Waals surface area (Å²) in [5, 5.41) is 16.9. The Morgan fingerprint density at radius 1 is 1.13 bits per heavy atom. The van der Waals surface area contributed by atoms with Crippen molar-refractivity contribution < 1.29 is 24.2 Å². The molecule has 3 atom stereocenters. The molecule has 0 radical (unpaired) electrons. The van der Waals surface area contributed by atoms with Gasteiger partial charge in [0, 0.05) is 47.2 Å². The van der Waals surface area contributed by atoms with Crippen LogP contribution in [-0.4, -0.2) is 59.0 Å². The normalized spacial score (nSPS) is 19.3. The smallest absolute Gasteiger partial charge is 0.326 e. The van der Waals surface area contributed by atoms with Crippen molar-refractivity contribution in [2.45, 2.75) is 64.3 Å². The molecule has 2 aliphatic rings. The molecule has 4 rings (SSSR count). The first-order chi connectivity index (χ1) is 18.2. The molecule has 0 spiro atoms. The summed E-state index contributed by atoms with van der Waals surface area (Å²) >= 11 is 12.4. The number of aliphatic carboxylic acids is 1. The number of carboxylic acid groups (broad SMARTS) is 1. The van der Waals surface area contributed by atoms with Crippen LogP contribution in [0.1, 0.15) is 44.2 Å². The maximum Gasteiger partial charge on any atom is 0.326 e. The predicted molar refractivity (Wildman–Crippen MR) is 145 cm³/mol. The van der Waals surface area contributed by atoms with Crippen LogP contribution >= 0.6 is 23.2 Å². The second-order valence-electron chi connectivity index (χ2n) is 9.94. The van der Waals surface area contributed by atoms with Crippen LogP contribution in [0.5, 0.6) is 5.75 Å². The van der Waals surface area contributed by atoms with Crippen molar-refractivity contribution >= 4 is 41.0 Å². The Morgan fingerprint density at radius 3 is 2.32 bits per heavy atom. The van der Waals surface area contributed by atoms with Crippen LogP contribution in [-0.2, 0) is 27.4 Å². The Bertz CT molecular complexity index is 1170. The number of rotatable bonds is 11. The van der Waals surface area contributed by atoms with Gasteiger partial charge >= 0.3 is 5.97 Å². The van der Waals surface area contributed by atoms with E-state index in [0.717, 1.165) is 13.0 Å². The highest BCUT2D eigenvalue weighted by Crippen LogP contribution is 2.35. The molecule has 3 unspecified atom stereocenters. The first-order valence-electron chi connectivity index (χ1n) is 12.9. The number of fused-ring (bicyclic) bond motifs is 2. The topological polar surface area (TPSA) is 108 Å². The minimum absolute atomic E-state index is 0.0632. The summed E-state index contributed by atoms with van der Waals surface area (Å²) in [6.07, 6.45) is 1.54. The quantitative estimate of drug-likeness (QED) is 0.357. The Morgan fingerprint density at radius 2 is 1.79 bits per heavy atom. The average molecular weight is 562 g/mol. The van der Waals surface area contributed by atoms with E-state index in [9.17, 15) is 19.5 Å². The fraction of sp³-hybridized carbons (Fsp3) is 0.464. The summed E-state index contributed by atoms with van der Waals surface area (Å²) in [7, 11) is 0. The first-order valence-corrected chi connectivity index (χ1v) is 13.7. The largest absolute Gasteiger partial charge is 0.489 e. The predicted octanol–water partition coefficient (Wildman–Crippen LogP) is 4.06. The molecule has 2 aromatic rings. The van der Waals surface area contributed by atoms with Crippen molar-refractivity contribution in [3.8, 4) is 5.75 Å². The Balaban J connectivity index is 1.41. The minimum Gasteiger partial charge on any atom is -0.489 e. The van der Waals surface area contributed by atoms with E-state index in [4.69, 9.17) is 27.9 Å². The van der Waals surface area contributed by atoms with Crippen LogP contribution in [0.4, 0.5) is 0 Å². The highest BCUT2D eigenvalue weighted by Gasteiger charge is 2.51. The zero-order valence-electron chi connectivity index (χ0n) is 21.5. The number of nitrogens with one attached hydrogen (secondary N) is 2. The van der Waals surface area contributed by atoms with Crippen LogP contribution in [0.15, 0.2) is 42.5 Å². The van der Waals surface area contributed by atoms with E-state index in [-0.39, 0.29) is 31.0 Å². The molecule has 3 N–H and O–H groups in total. The second kappa shape index (κ2) is 11.9. The summed E-state index contributed by atoms with van der Waals surface area (Å²) in [6.45, 7) is 5.10. The average Bonchev–Trinajstić information content (AvgIpc) is 3.54. The molecule has 0 saturated carbocycles. The van der Waals surface area contributed by atoms with Gasteiger partial charge in [0.05, 0.1) is 0 Å². The number of halogens is 2. The number of likely N-dealkylation sites (tertiary alicyclic amines) is 1. The molecule has 2 bridgehead atoms. The summed E-state index contributed by atoms with van der Waals surface area (Å²) in [5.74, 6) is -1.34. The molecule has 0 aromatic heterocycles. The third-order valence-corrected chi connectivity index (χ3v) is 8.49. The number of nitrogens with zero attached hydrogens (tertiary/aromatic N) is 1. The maximum absolute atomic E-state index is 13.6. The molecular weight excluding hydrogens is 529 g/mol. The van der Waals surface area contributed by atoms with Crippen LogP contribution in [0.25, 0.3) is 0 Å². The fourth-order valence-electron chi connectivity index (χ4n) is 5.33. The van der Waals surface area contributed by atoms with Crippen LogP contribution in [0, 0.1) is 5.41 Å². The van der Waals surface area contributed by atoms with Gasteiger partial charge < -0.3 is 25.4 Å². The lowest BCUT2D eigenvalue weighted by Crippen LogP contribution is -2.58. The van der Waals surface area contributed by atoms with E-state index in [0.29, 0.717) is 46.3 Å². The minimum atomic E-state index is -1.30. The Hall–Kier alpha value is -2.81. The third kappa shape index (κ3) is 5.77. The summed E-state index contributed by atoms with van der Waals surface area (Å²) in [6, 6.07) is 11.3. The molecule has 2 fully saturated rings. The lowest BCUT2D eigenvalue weighted by molar-refractivity contribution is -0.155. The molecule has 2 aliphatic heterocycles. The van der Waals surface area contributed by atoms with Crippen molar-refractivity contribution in [2.24, 2.45) is 5.41 Å². The van der Waals surface area contributed by atoms with Gasteiger partial charge in [-0.1, -0.05) is 55.2 Å². The van der Waals surface area contributed by atoms with Gasteiger partial charge in [0.25, 0.3) is 0 Å². The standard InChI is InChI=1S/C28H33Cl2N3O5/c1-3-28(4-2,27(37)33-15-18-13-19(33)14-31-18)26(36)32-24(25(34)35)12-17-8-10-20(11-9-17)38-16-21-22(29)6-5-7-23(21)30/h5-11,18-19,24,31H,3-4,12-16H2,1-2H3,(H,32,36)(H,34,35). The zero-order chi connectivity index (χ0) is 27.4. The lowest BCUT2D eigenvalue weighted by atomic mass is 9.79. The van der Waals surface area contributed by atoms with Gasteiger partial charge in [-0.25, -0.2) is 4.79 Å². The molecule has 2 heterocycles. The molecule has 204 valence electrons. The lowest BCUT2D eigenvalue weighted by Gasteiger charge is -2.37. The van der Waals surface area contributed by atoms with E-state index in [1.54, 1.807) is 61.2 Å². The number of carboxylic acids is 1. The van der Waals surface area contributed by atoms with Crippen LogP contribution in [0.3, 0.4) is 0 Å². The molecule has 2 aromatic carbocycles. The summed E-state index contributed by atoms with van der Waals surface area (Å²) in [5.41, 5.74) is 0.0840. The molecule has 0 aliphatic carbocycles. The Kier molecular flexibility index (Phi) is 8.85. The molecular formula is C28H33Cl2N3O5. The summed E-state index contributed by atoms with van der Waals surface area (Å²) < 4.78 is 5.79. The van der Waals surface area contributed by atoms with Gasteiger partial charge in [0.2, 0.25) is 11.8 Å². The van der Waals surface area contributed by atoms with E-state index in [1.165, 1.54) is 0 Å². The van der Waals surface area contributed by atoms with Crippen molar-refractivity contribution in [1.82, 2.24) is 15.5 Å². The van der Waals surface area contributed by atoms with Crippen LogP contribution in [0.2, 0.25) is 10.0 Å². The van der Waals surface area contributed by atoms with Crippen LogP contribution < -0.4 is 15.4 Å². The second-order valence-corrected chi connectivity index (χ2v) is 10.8. The number of hydrogen-bond donors (Lipinski definition) is 3. The highest BCUT2D eigenvalue weighted by atomic mass is 35.5. The monoisotopic (exact) mass is 561 g/mol. The molecule has 10 heteroatoms. The molecule has 38 heavy (non-hydrogen) atoms. The number of amides is 2. The van der Waals surface area contributed by atoms with Gasteiger partial charge in [-0.3, -0.25) is 9.59 Å². The molecule has 8 nitrogen and oxygen atoms in total. The highest BCUT2D eigenvalue weighted by molar-refractivity contribution is 6.35. The van der Waals surface area contributed by atoms with Crippen molar-refractivity contribution in [3.05, 3.63) is 63.6 Å². The zero-order valence-corrected chi connectivity index (χ0v) is 23.0. The van der Waals surface area contributed by atoms with Crippen molar-refractivity contribution in [2.75, 3.05) is 13.1 Å². The number of carbonyl (C=O) groups is 3. The number of hydrogen-bond acceptors (Lipinski definition) is 5. The fourth-order valence-corrected chi connectivity index (χ4v) is 5.84. The third-order valence-electron chi connectivity index (χ3n) is 7.78. The molecule has 2 saturated heterocycles. The molecule has 2 amide bonds. The van der Waals surface area contributed by atoms with Gasteiger partial charge in [-0.05, 0) is 49.1 Å². The maximum atomic E-state index is 13.6. The number of ether oxygens (including phenoxy) is 1. The number of benzene rings is 2. The number of carbonyl (C=O) groups excluding carboxylic acids is 2. The SMILES string of the molecule is CCC(CC)(C(=O)NC(Cc1ccc(OCc2c(Cl)cccc2Cl)cc1)C(=O)O)C(=O)N1CC2CC1CN2. The van der Waals surface area contributed by atoms with Gasteiger partial charge in [0.15, 0.2) is 0 Å². The first kappa shape index (κ1) is 28.2. The van der Waals surface area contributed by atoms with E-state index in [2.05, 4.69) is 10.6 Å². The van der Waals surface area contributed by atoms with E-state index in [1.807, 2.05) is 0 Å².